The number of carbonyl (C=O) groups is 1. The summed E-state index contributed by atoms with van der Waals surface area (Å²) in [6, 6.07) is 8.79. The van der Waals surface area contributed by atoms with Crippen LogP contribution in [-0.4, -0.2) is 29.9 Å². The summed E-state index contributed by atoms with van der Waals surface area (Å²) < 4.78 is 5.10. The second-order valence-corrected chi connectivity index (χ2v) is 3.22. The average molecular weight is 221 g/mol. The summed E-state index contributed by atoms with van der Waals surface area (Å²) in [5.41, 5.74) is 5.23. The second kappa shape index (κ2) is 5.75. The Kier molecular flexibility index (Phi) is 4.32. The largest absolute Gasteiger partial charge is 0.415 e. The van der Waals surface area contributed by atoms with Crippen LogP contribution in [0.25, 0.3) is 0 Å². The van der Waals surface area contributed by atoms with E-state index in [1.807, 2.05) is 6.07 Å². The van der Waals surface area contributed by atoms with E-state index in [1.165, 1.54) is 4.90 Å². The minimum atomic E-state index is -0.496. The number of rotatable bonds is 4. The lowest BCUT2D eigenvalue weighted by molar-refractivity contribution is 0.161. The van der Waals surface area contributed by atoms with Crippen LogP contribution in [-0.2, 0) is 0 Å². The number of carbonyl (C=O) groups excluding carboxylic acids is 1. The van der Waals surface area contributed by atoms with Crippen LogP contribution in [0.4, 0.5) is 4.79 Å². The molecule has 5 heteroatoms. The Balaban J connectivity index is 2.59. The number of benzene rings is 1. The van der Waals surface area contributed by atoms with Gasteiger partial charge < -0.3 is 15.4 Å². The van der Waals surface area contributed by atoms with E-state index in [-0.39, 0.29) is 12.4 Å². The van der Waals surface area contributed by atoms with Crippen LogP contribution in [0.5, 0.6) is 5.75 Å². The molecule has 1 aromatic rings. The van der Waals surface area contributed by atoms with Gasteiger partial charge in [0.25, 0.3) is 0 Å². The number of amidine groups is 1. The summed E-state index contributed by atoms with van der Waals surface area (Å²) in [5, 5.41) is 7.13. The minimum absolute atomic E-state index is 0.0631. The van der Waals surface area contributed by atoms with Crippen molar-refractivity contribution in [3.63, 3.8) is 0 Å². The Bertz CT molecular complexity index is 365. The van der Waals surface area contributed by atoms with Crippen LogP contribution < -0.4 is 10.5 Å². The molecule has 0 spiro atoms. The molecule has 3 N–H and O–H groups in total. The van der Waals surface area contributed by atoms with Gasteiger partial charge in [0, 0.05) is 6.54 Å². The summed E-state index contributed by atoms with van der Waals surface area (Å²) in [4.78, 5) is 13.0. The van der Waals surface area contributed by atoms with Crippen molar-refractivity contribution in [1.29, 1.82) is 5.41 Å². The zero-order valence-corrected chi connectivity index (χ0v) is 9.14. The highest BCUT2D eigenvalue weighted by atomic mass is 16.6. The number of amides is 1. The fraction of sp³-hybridized carbons (Fsp3) is 0.273. The van der Waals surface area contributed by atoms with Gasteiger partial charge in [0.1, 0.15) is 11.6 Å². The predicted octanol–water partition coefficient (Wildman–Crippen LogP) is 1.44. The maximum atomic E-state index is 11.6. The molecule has 0 fully saturated rings. The van der Waals surface area contributed by atoms with E-state index in [9.17, 15) is 4.79 Å². The van der Waals surface area contributed by atoms with E-state index in [0.717, 1.165) is 0 Å². The van der Waals surface area contributed by atoms with Gasteiger partial charge in [-0.05, 0) is 19.1 Å². The first-order valence-corrected chi connectivity index (χ1v) is 4.98. The van der Waals surface area contributed by atoms with E-state index < -0.39 is 6.09 Å². The topological polar surface area (TPSA) is 79.4 Å². The SMILES string of the molecule is CCN(CC(=N)N)C(=O)Oc1ccccc1. The van der Waals surface area contributed by atoms with Crippen molar-refractivity contribution >= 4 is 11.9 Å². The molecule has 0 atom stereocenters. The van der Waals surface area contributed by atoms with Crippen LogP contribution in [0.1, 0.15) is 6.92 Å². The maximum absolute atomic E-state index is 11.6. The summed E-state index contributed by atoms with van der Waals surface area (Å²) >= 11 is 0. The Morgan fingerprint density at radius 2 is 2.06 bits per heavy atom. The van der Waals surface area contributed by atoms with Crippen LogP contribution in [0, 0.1) is 5.41 Å². The molecule has 0 aromatic heterocycles. The summed E-state index contributed by atoms with van der Waals surface area (Å²) in [5.74, 6) is 0.418. The van der Waals surface area contributed by atoms with Crippen molar-refractivity contribution in [3.8, 4) is 5.75 Å². The number of nitrogens with zero attached hydrogens (tertiary/aromatic N) is 1. The van der Waals surface area contributed by atoms with Gasteiger partial charge in [-0.3, -0.25) is 5.41 Å². The first kappa shape index (κ1) is 12.0. The van der Waals surface area contributed by atoms with Gasteiger partial charge in [0.2, 0.25) is 0 Å². The van der Waals surface area contributed by atoms with E-state index in [0.29, 0.717) is 12.3 Å². The highest BCUT2D eigenvalue weighted by Crippen LogP contribution is 2.09. The quantitative estimate of drug-likeness (QED) is 0.596. The van der Waals surface area contributed by atoms with Gasteiger partial charge in [-0.15, -0.1) is 0 Å². The fourth-order valence-corrected chi connectivity index (χ4v) is 1.16. The Morgan fingerprint density at radius 1 is 1.44 bits per heavy atom. The van der Waals surface area contributed by atoms with Crippen molar-refractivity contribution < 1.29 is 9.53 Å². The molecule has 1 amide bonds. The minimum Gasteiger partial charge on any atom is -0.410 e. The van der Waals surface area contributed by atoms with Crippen molar-refractivity contribution in [1.82, 2.24) is 4.90 Å². The average Bonchev–Trinajstić information content (AvgIpc) is 2.26. The molecule has 0 bridgehead atoms. The van der Waals surface area contributed by atoms with Crippen LogP contribution in [0.15, 0.2) is 30.3 Å². The third-order valence-electron chi connectivity index (χ3n) is 1.95. The summed E-state index contributed by atoms with van der Waals surface area (Å²) in [6.45, 7) is 2.34. The molecule has 0 radical (unpaired) electrons. The molecule has 5 nitrogen and oxygen atoms in total. The van der Waals surface area contributed by atoms with Crippen LogP contribution in [0.3, 0.4) is 0 Å². The van der Waals surface area contributed by atoms with Gasteiger partial charge >= 0.3 is 6.09 Å². The molecule has 1 rings (SSSR count). The van der Waals surface area contributed by atoms with E-state index in [2.05, 4.69) is 0 Å². The zero-order chi connectivity index (χ0) is 12.0. The lowest BCUT2D eigenvalue weighted by Gasteiger charge is -2.19. The van der Waals surface area contributed by atoms with Crippen molar-refractivity contribution in [3.05, 3.63) is 30.3 Å². The molecule has 0 aliphatic heterocycles. The number of para-hydroxylation sites is 1. The lowest BCUT2D eigenvalue weighted by atomic mass is 10.3. The maximum Gasteiger partial charge on any atom is 0.415 e. The molecule has 0 aliphatic carbocycles. The van der Waals surface area contributed by atoms with E-state index in [4.69, 9.17) is 15.9 Å². The monoisotopic (exact) mass is 221 g/mol. The molecule has 1 aromatic carbocycles. The standard InChI is InChI=1S/C11H15N3O2/c1-2-14(8-10(12)13)11(15)16-9-6-4-3-5-7-9/h3-7H,2,8H2,1H3,(H3,12,13). The van der Waals surface area contributed by atoms with Gasteiger partial charge in [-0.2, -0.15) is 0 Å². The number of hydrogen-bond donors (Lipinski definition) is 2. The number of nitrogens with one attached hydrogen (secondary N) is 1. The second-order valence-electron chi connectivity index (χ2n) is 3.22. The summed E-state index contributed by atoms with van der Waals surface area (Å²) in [7, 11) is 0. The fourth-order valence-electron chi connectivity index (χ4n) is 1.16. The summed E-state index contributed by atoms with van der Waals surface area (Å²) in [6.07, 6.45) is -0.496. The Morgan fingerprint density at radius 3 is 2.56 bits per heavy atom. The number of nitrogens with two attached hydrogens (primary N) is 1. The lowest BCUT2D eigenvalue weighted by Crippen LogP contribution is -2.39. The normalized spacial score (nSPS) is 9.56. The predicted molar refractivity (Wildman–Crippen MR) is 61.6 cm³/mol. The van der Waals surface area contributed by atoms with Gasteiger partial charge in [0.15, 0.2) is 0 Å². The molecule has 0 aliphatic rings. The third-order valence-corrected chi connectivity index (χ3v) is 1.95. The Hall–Kier alpha value is -2.04. The van der Waals surface area contributed by atoms with Crippen molar-refractivity contribution in [2.75, 3.05) is 13.1 Å². The molecule has 0 saturated carbocycles. The highest BCUT2D eigenvalue weighted by molar-refractivity contribution is 5.83. The van der Waals surface area contributed by atoms with Crippen molar-refractivity contribution in [2.45, 2.75) is 6.92 Å². The van der Waals surface area contributed by atoms with Crippen molar-refractivity contribution in [2.24, 2.45) is 5.73 Å². The molecule has 0 heterocycles. The third kappa shape index (κ3) is 3.61. The van der Waals surface area contributed by atoms with E-state index in [1.54, 1.807) is 31.2 Å². The molecule has 0 unspecified atom stereocenters. The Labute approximate surface area is 94.3 Å². The molecule has 0 saturated heterocycles. The van der Waals surface area contributed by atoms with Gasteiger partial charge in [0.05, 0.1) is 6.54 Å². The van der Waals surface area contributed by atoms with E-state index >= 15 is 0 Å². The molecule has 86 valence electrons. The van der Waals surface area contributed by atoms with Crippen LogP contribution >= 0.6 is 0 Å². The number of hydrogen-bond acceptors (Lipinski definition) is 3. The zero-order valence-electron chi connectivity index (χ0n) is 9.14. The van der Waals surface area contributed by atoms with Crippen LogP contribution in [0.2, 0.25) is 0 Å². The molecular weight excluding hydrogens is 206 g/mol. The first-order valence-electron chi connectivity index (χ1n) is 4.98. The van der Waals surface area contributed by atoms with Gasteiger partial charge in [-0.25, -0.2) is 4.79 Å². The molecule has 16 heavy (non-hydrogen) atoms. The highest BCUT2D eigenvalue weighted by Gasteiger charge is 2.14. The molecular formula is C11H15N3O2. The smallest absolute Gasteiger partial charge is 0.410 e. The number of likely N-dealkylation sites (N-methyl/N-ethyl adjacent to an activating group) is 1. The first-order chi connectivity index (χ1) is 7.63. The number of ether oxygens (including phenoxy) is 1. The van der Waals surface area contributed by atoms with Gasteiger partial charge in [-0.1, -0.05) is 18.2 Å².